The number of carbonyl (C=O) groups excluding carboxylic acids is 2. The van der Waals surface area contributed by atoms with Gasteiger partial charge in [0.25, 0.3) is 0 Å². The molecule has 0 amide bonds. The first-order valence-corrected chi connectivity index (χ1v) is 6.13. The number of aryl methyl sites for hydroxylation is 1. The van der Waals surface area contributed by atoms with Crippen molar-refractivity contribution in [2.45, 2.75) is 13.8 Å². The number of allylic oxidation sites excluding steroid dienone is 4. The number of hydrogen-bond acceptors (Lipinski definition) is 2. The van der Waals surface area contributed by atoms with Crippen molar-refractivity contribution < 1.29 is 9.59 Å². The lowest BCUT2D eigenvalue weighted by atomic mass is 9.71. The second-order valence-corrected chi connectivity index (χ2v) is 5.10. The van der Waals surface area contributed by atoms with E-state index in [0.29, 0.717) is 11.1 Å². The van der Waals surface area contributed by atoms with Crippen molar-refractivity contribution in [2.24, 2.45) is 11.8 Å². The van der Waals surface area contributed by atoms with Gasteiger partial charge in [-0.2, -0.15) is 0 Å². The molecule has 0 radical (unpaired) electrons. The van der Waals surface area contributed by atoms with Crippen LogP contribution in [0.2, 0.25) is 0 Å². The lowest BCUT2D eigenvalue weighted by Gasteiger charge is -2.29. The van der Waals surface area contributed by atoms with Crippen molar-refractivity contribution in [3.63, 3.8) is 0 Å². The Morgan fingerprint density at radius 3 is 2.44 bits per heavy atom. The van der Waals surface area contributed by atoms with Gasteiger partial charge in [0.15, 0.2) is 11.6 Å². The molecule has 0 bridgehead atoms. The Labute approximate surface area is 106 Å². The number of Topliss-reactive ketones (excluding diaryl/α,β-unsaturated/α-hetero) is 2. The van der Waals surface area contributed by atoms with E-state index in [0.717, 1.165) is 11.1 Å². The van der Waals surface area contributed by atoms with Crippen LogP contribution in [-0.4, -0.2) is 11.6 Å². The summed E-state index contributed by atoms with van der Waals surface area (Å²) in [6, 6.07) is 5.49. The van der Waals surface area contributed by atoms with Crippen LogP contribution in [0.15, 0.2) is 42.0 Å². The number of fused-ring (bicyclic) bond motifs is 2. The molecule has 0 saturated carbocycles. The zero-order chi connectivity index (χ0) is 12.9. The number of benzene rings is 1. The fourth-order valence-electron chi connectivity index (χ4n) is 2.74. The molecule has 0 heterocycles. The van der Waals surface area contributed by atoms with Crippen LogP contribution in [0.25, 0.3) is 0 Å². The third kappa shape index (κ3) is 1.49. The van der Waals surface area contributed by atoms with Crippen LogP contribution >= 0.6 is 0 Å². The quantitative estimate of drug-likeness (QED) is 0.696. The highest BCUT2D eigenvalue weighted by Gasteiger charge is 2.39. The molecule has 90 valence electrons. The molecule has 18 heavy (non-hydrogen) atoms. The van der Waals surface area contributed by atoms with Gasteiger partial charge in [-0.15, -0.1) is 0 Å². The smallest absolute Gasteiger partial charge is 0.171 e. The van der Waals surface area contributed by atoms with Gasteiger partial charge in [0.05, 0.1) is 11.8 Å². The summed E-state index contributed by atoms with van der Waals surface area (Å²) in [5.41, 5.74) is 3.22. The summed E-state index contributed by atoms with van der Waals surface area (Å²) in [6.45, 7) is 3.89. The van der Waals surface area contributed by atoms with Gasteiger partial charge >= 0.3 is 0 Å². The Bertz CT molecular complexity index is 620. The Morgan fingerprint density at radius 1 is 0.944 bits per heavy atom. The average Bonchev–Trinajstić information content (AvgIpc) is 2.36. The van der Waals surface area contributed by atoms with E-state index in [1.54, 1.807) is 6.07 Å². The lowest BCUT2D eigenvalue weighted by Crippen LogP contribution is -2.35. The van der Waals surface area contributed by atoms with Crippen molar-refractivity contribution in [3.05, 3.63) is 58.7 Å². The van der Waals surface area contributed by atoms with Crippen molar-refractivity contribution in [2.75, 3.05) is 0 Å². The van der Waals surface area contributed by atoms with Crippen LogP contribution in [0.5, 0.6) is 0 Å². The lowest BCUT2D eigenvalue weighted by molar-refractivity contribution is 0.0801. The third-order valence-corrected chi connectivity index (χ3v) is 3.71. The van der Waals surface area contributed by atoms with Crippen molar-refractivity contribution in [3.8, 4) is 0 Å². The predicted octanol–water partition coefficient (Wildman–Crippen LogP) is 3.12. The first kappa shape index (κ1) is 11.1. The van der Waals surface area contributed by atoms with Gasteiger partial charge in [0.1, 0.15) is 0 Å². The van der Waals surface area contributed by atoms with E-state index in [-0.39, 0.29) is 23.4 Å². The molecule has 0 fully saturated rings. The van der Waals surface area contributed by atoms with E-state index < -0.39 is 0 Å². The van der Waals surface area contributed by atoms with Gasteiger partial charge in [-0.25, -0.2) is 0 Å². The molecule has 2 nitrogen and oxygen atoms in total. The van der Waals surface area contributed by atoms with Gasteiger partial charge in [-0.1, -0.05) is 41.5 Å². The maximum absolute atomic E-state index is 12.4. The van der Waals surface area contributed by atoms with Crippen LogP contribution < -0.4 is 0 Å². The standard InChI is InChI=1S/C16H14O2/c1-9-3-5-11-13(7-9)15(17)12-6-4-10(2)8-14(12)16(11)18/h3-8,11,13H,1-2H3. The zero-order valence-corrected chi connectivity index (χ0v) is 10.4. The normalized spacial score (nSPS) is 25.6. The fraction of sp³-hybridized carbons (Fsp3) is 0.250. The van der Waals surface area contributed by atoms with E-state index in [9.17, 15) is 9.59 Å². The minimum atomic E-state index is -0.310. The number of carbonyl (C=O) groups is 2. The first-order chi connectivity index (χ1) is 8.58. The second kappa shape index (κ2) is 3.77. The predicted molar refractivity (Wildman–Crippen MR) is 69.7 cm³/mol. The summed E-state index contributed by atoms with van der Waals surface area (Å²) in [4.78, 5) is 24.8. The molecule has 1 aromatic rings. The molecule has 2 aliphatic rings. The molecule has 2 atom stereocenters. The molecule has 1 aromatic carbocycles. The van der Waals surface area contributed by atoms with Crippen LogP contribution in [0.3, 0.4) is 0 Å². The SMILES string of the molecule is CC1=CC2C(=O)c3ccc(C)cc3C(=O)C2C=C1. The highest BCUT2D eigenvalue weighted by molar-refractivity contribution is 6.17. The van der Waals surface area contributed by atoms with E-state index in [1.807, 2.05) is 44.2 Å². The summed E-state index contributed by atoms with van der Waals surface area (Å²) >= 11 is 0. The minimum Gasteiger partial charge on any atom is -0.293 e. The van der Waals surface area contributed by atoms with Crippen molar-refractivity contribution >= 4 is 11.6 Å². The molecule has 0 saturated heterocycles. The third-order valence-electron chi connectivity index (χ3n) is 3.71. The maximum atomic E-state index is 12.4. The van der Waals surface area contributed by atoms with Crippen LogP contribution in [-0.2, 0) is 0 Å². The fourth-order valence-corrected chi connectivity index (χ4v) is 2.74. The Morgan fingerprint density at radius 2 is 1.67 bits per heavy atom. The summed E-state index contributed by atoms with van der Waals surface area (Å²) < 4.78 is 0. The minimum absolute atomic E-state index is 0.0679. The van der Waals surface area contributed by atoms with E-state index in [1.165, 1.54) is 0 Å². The average molecular weight is 238 g/mol. The summed E-state index contributed by atoms with van der Waals surface area (Å²) in [6.07, 6.45) is 5.70. The van der Waals surface area contributed by atoms with Gasteiger partial charge < -0.3 is 0 Å². The molecule has 0 aromatic heterocycles. The number of rotatable bonds is 0. The molecule has 0 aliphatic heterocycles. The van der Waals surface area contributed by atoms with E-state index in [4.69, 9.17) is 0 Å². The van der Waals surface area contributed by atoms with Crippen LogP contribution in [0.4, 0.5) is 0 Å². The number of ketones is 2. The van der Waals surface area contributed by atoms with Crippen LogP contribution in [0.1, 0.15) is 33.2 Å². The van der Waals surface area contributed by atoms with Gasteiger partial charge in [-0.05, 0) is 19.9 Å². The van der Waals surface area contributed by atoms with Crippen LogP contribution in [0, 0.1) is 18.8 Å². The summed E-state index contributed by atoms with van der Waals surface area (Å²) in [7, 11) is 0. The molecule has 3 rings (SSSR count). The molecule has 0 N–H and O–H groups in total. The topological polar surface area (TPSA) is 34.1 Å². The van der Waals surface area contributed by atoms with E-state index >= 15 is 0 Å². The second-order valence-electron chi connectivity index (χ2n) is 5.10. The van der Waals surface area contributed by atoms with Gasteiger partial charge in [0, 0.05) is 11.1 Å². The highest BCUT2D eigenvalue weighted by atomic mass is 16.1. The van der Waals surface area contributed by atoms with Crippen molar-refractivity contribution in [1.82, 2.24) is 0 Å². The molecular weight excluding hydrogens is 224 g/mol. The zero-order valence-electron chi connectivity index (χ0n) is 10.4. The van der Waals surface area contributed by atoms with E-state index in [2.05, 4.69) is 0 Å². The molecule has 2 heteroatoms. The van der Waals surface area contributed by atoms with Crippen molar-refractivity contribution in [1.29, 1.82) is 0 Å². The summed E-state index contributed by atoms with van der Waals surface area (Å²) in [5, 5.41) is 0. The summed E-state index contributed by atoms with van der Waals surface area (Å²) in [5.74, 6) is -0.482. The molecular formula is C16H14O2. The monoisotopic (exact) mass is 238 g/mol. The Kier molecular flexibility index (Phi) is 2.34. The Hall–Kier alpha value is -1.96. The highest BCUT2D eigenvalue weighted by Crippen LogP contribution is 2.35. The van der Waals surface area contributed by atoms with Gasteiger partial charge in [0.2, 0.25) is 0 Å². The first-order valence-electron chi connectivity index (χ1n) is 6.13. The number of hydrogen-bond donors (Lipinski definition) is 0. The molecule has 2 aliphatic carbocycles. The maximum Gasteiger partial charge on any atom is 0.171 e. The Balaban J connectivity index is 2.19. The molecule has 0 spiro atoms. The largest absolute Gasteiger partial charge is 0.293 e. The van der Waals surface area contributed by atoms with Gasteiger partial charge in [-0.3, -0.25) is 9.59 Å². The molecule has 2 unspecified atom stereocenters.